The normalized spacial score (nSPS) is 12.3. The zero-order chi connectivity index (χ0) is 30.3. The van der Waals surface area contributed by atoms with Gasteiger partial charge in [-0.15, -0.1) is 13.2 Å². The van der Waals surface area contributed by atoms with Crippen LogP contribution in [-0.2, 0) is 16.0 Å². The molecule has 0 aliphatic heterocycles. The molecule has 2 heterocycles. The largest absolute Gasteiger partial charge is 0.573 e. The van der Waals surface area contributed by atoms with E-state index < -0.39 is 6.36 Å². The molecular weight excluding hydrogens is 549 g/mol. The van der Waals surface area contributed by atoms with Crippen LogP contribution in [-0.4, -0.2) is 35.1 Å². The average Bonchev–Trinajstić information content (AvgIpc) is 3.56. The Labute approximate surface area is 242 Å². The number of aromatic nitrogens is 3. The zero-order valence-corrected chi connectivity index (χ0v) is 23.9. The SMILES string of the molecule is CCC(=O)CCCCC[C@H](NC(=O)Cc1c(C)[nH]c2ccc(OC)cc12)c1[nH]c(-c2ccc(OC(F)(F)F)cc2)c[nH+]1. The number of imidazole rings is 1. The number of aromatic amines is 3. The number of ketones is 1. The van der Waals surface area contributed by atoms with E-state index in [1.807, 2.05) is 32.0 Å². The molecule has 42 heavy (non-hydrogen) atoms. The van der Waals surface area contributed by atoms with Crippen LogP contribution in [0.15, 0.2) is 48.7 Å². The van der Waals surface area contributed by atoms with Crippen LogP contribution in [0.3, 0.4) is 0 Å². The first-order chi connectivity index (χ1) is 20.1. The van der Waals surface area contributed by atoms with Crippen molar-refractivity contribution in [2.24, 2.45) is 0 Å². The van der Waals surface area contributed by atoms with E-state index in [-0.39, 0.29) is 29.9 Å². The number of hydrogen-bond donors (Lipinski definition) is 3. The second-order valence-corrected chi connectivity index (χ2v) is 10.2. The van der Waals surface area contributed by atoms with E-state index in [0.29, 0.717) is 42.1 Å². The summed E-state index contributed by atoms with van der Waals surface area (Å²) >= 11 is 0. The summed E-state index contributed by atoms with van der Waals surface area (Å²) in [4.78, 5) is 34.8. The maximum absolute atomic E-state index is 13.4. The standard InChI is InChI=1S/C31H35F3N4O4/c1-4-21(39)8-6-5-7-9-27(30-35-18-28(38-30)20-10-12-22(13-11-20)42-31(32,33)34)37-29(40)17-24-19(2)36-26-15-14-23(41-3)16-25(24)26/h10-16,18,27,36H,4-9,17H2,1-3H3,(H,35,38)(H,37,40)/p+1/t27-/m0/s1. The number of rotatable bonds is 14. The van der Waals surface area contributed by atoms with Crippen LogP contribution in [0.4, 0.5) is 13.2 Å². The number of halogens is 3. The van der Waals surface area contributed by atoms with Crippen molar-refractivity contribution in [1.82, 2.24) is 15.3 Å². The Kier molecular flexibility index (Phi) is 9.92. The molecule has 1 amide bonds. The molecule has 0 saturated carbocycles. The highest BCUT2D eigenvalue weighted by molar-refractivity contribution is 5.91. The molecule has 0 spiro atoms. The first-order valence-electron chi connectivity index (χ1n) is 14.0. The second kappa shape index (κ2) is 13.6. The molecule has 224 valence electrons. The van der Waals surface area contributed by atoms with E-state index in [9.17, 15) is 22.8 Å². The number of H-pyrrole nitrogens is 3. The van der Waals surface area contributed by atoms with Crippen LogP contribution in [0, 0.1) is 6.92 Å². The summed E-state index contributed by atoms with van der Waals surface area (Å²) in [6.07, 6.45) is 1.23. The van der Waals surface area contributed by atoms with Crippen molar-refractivity contribution in [2.75, 3.05) is 7.11 Å². The van der Waals surface area contributed by atoms with Gasteiger partial charge in [-0.05, 0) is 67.8 Å². The predicted octanol–water partition coefficient (Wildman–Crippen LogP) is 6.52. The summed E-state index contributed by atoms with van der Waals surface area (Å²) in [5.41, 5.74) is 4.01. The van der Waals surface area contributed by atoms with Crippen molar-refractivity contribution >= 4 is 22.6 Å². The second-order valence-electron chi connectivity index (χ2n) is 10.2. The quantitative estimate of drug-likeness (QED) is 0.146. The first-order valence-corrected chi connectivity index (χ1v) is 14.0. The molecule has 0 unspecified atom stereocenters. The summed E-state index contributed by atoms with van der Waals surface area (Å²) in [6.45, 7) is 3.79. The van der Waals surface area contributed by atoms with Crippen LogP contribution in [0.25, 0.3) is 22.2 Å². The van der Waals surface area contributed by atoms with Gasteiger partial charge in [-0.1, -0.05) is 19.8 Å². The van der Waals surface area contributed by atoms with Gasteiger partial charge in [-0.25, -0.2) is 9.97 Å². The van der Waals surface area contributed by atoms with Crippen molar-refractivity contribution in [3.8, 4) is 22.8 Å². The number of carbonyl (C=O) groups excluding carboxylic acids is 2. The number of Topliss-reactive ketones (excluding diaryl/α,β-unsaturated/α-hetero) is 1. The Balaban J connectivity index is 1.49. The van der Waals surface area contributed by atoms with E-state index in [1.165, 1.54) is 24.3 Å². The highest BCUT2D eigenvalue weighted by Crippen LogP contribution is 2.28. The van der Waals surface area contributed by atoms with Crippen molar-refractivity contribution in [3.05, 3.63) is 65.7 Å². The minimum absolute atomic E-state index is 0.161. The Hall–Kier alpha value is -4.28. The number of fused-ring (bicyclic) bond motifs is 1. The molecule has 0 radical (unpaired) electrons. The van der Waals surface area contributed by atoms with Crippen LogP contribution in [0.1, 0.15) is 68.6 Å². The molecule has 0 saturated heterocycles. The van der Waals surface area contributed by atoms with E-state index in [0.717, 1.165) is 41.4 Å². The van der Waals surface area contributed by atoms with Gasteiger partial charge >= 0.3 is 6.36 Å². The van der Waals surface area contributed by atoms with Gasteiger partial charge < -0.3 is 19.8 Å². The van der Waals surface area contributed by atoms with Crippen molar-refractivity contribution in [3.63, 3.8) is 0 Å². The molecule has 4 aromatic rings. The average molecular weight is 586 g/mol. The lowest BCUT2D eigenvalue weighted by Gasteiger charge is -2.14. The van der Waals surface area contributed by atoms with Gasteiger partial charge in [0.2, 0.25) is 5.91 Å². The lowest BCUT2D eigenvalue weighted by molar-refractivity contribution is -0.391. The Morgan fingerprint density at radius 1 is 1.02 bits per heavy atom. The van der Waals surface area contributed by atoms with Gasteiger partial charge in [0.15, 0.2) is 5.69 Å². The van der Waals surface area contributed by atoms with Gasteiger partial charge in [-0.2, -0.15) is 0 Å². The molecule has 0 fully saturated rings. The molecule has 11 heteroatoms. The third-order valence-electron chi connectivity index (χ3n) is 7.23. The molecule has 4 N–H and O–H groups in total. The van der Waals surface area contributed by atoms with E-state index >= 15 is 0 Å². The van der Waals surface area contributed by atoms with Gasteiger partial charge in [0.1, 0.15) is 29.5 Å². The first kappa shape index (κ1) is 30.7. The Bertz CT molecular complexity index is 1510. The molecule has 4 rings (SSSR count). The summed E-state index contributed by atoms with van der Waals surface area (Å²) in [7, 11) is 1.60. The van der Waals surface area contributed by atoms with Crippen LogP contribution >= 0.6 is 0 Å². The minimum Gasteiger partial charge on any atom is -0.497 e. The van der Waals surface area contributed by atoms with E-state index in [4.69, 9.17) is 4.74 Å². The number of hydrogen-bond acceptors (Lipinski definition) is 4. The number of amides is 1. The molecule has 1 atom stereocenters. The zero-order valence-electron chi connectivity index (χ0n) is 23.9. The molecule has 8 nitrogen and oxygen atoms in total. The van der Waals surface area contributed by atoms with Gasteiger partial charge in [0.05, 0.1) is 13.5 Å². The monoisotopic (exact) mass is 585 g/mol. The van der Waals surface area contributed by atoms with E-state index in [2.05, 4.69) is 25.0 Å². The minimum atomic E-state index is -4.76. The van der Waals surface area contributed by atoms with Crippen molar-refractivity contribution < 1.29 is 37.2 Å². The number of ether oxygens (including phenoxy) is 2. The molecule has 0 aliphatic rings. The molecule has 2 aromatic heterocycles. The summed E-state index contributed by atoms with van der Waals surface area (Å²) < 4.78 is 46.9. The Morgan fingerprint density at radius 2 is 1.76 bits per heavy atom. The van der Waals surface area contributed by atoms with Crippen molar-refractivity contribution in [2.45, 2.75) is 71.2 Å². The molecule has 2 aromatic carbocycles. The van der Waals surface area contributed by atoms with Gasteiger partial charge in [0.25, 0.3) is 5.82 Å². The van der Waals surface area contributed by atoms with E-state index in [1.54, 1.807) is 13.3 Å². The molecule has 0 aliphatic carbocycles. The van der Waals surface area contributed by atoms with Crippen molar-refractivity contribution in [1.29, 1.82) is 0 Å². The Morgan fingerprint density at radius 3 is 2.45 bits per heavy atom. The topological polar surface area (TPSA) is 110 Å². The maximum atomic E-state index is 13.4. The number of alkyl halides is 3. The highest BCUT2D eigenvalue weighted by atomic mass is 19.4. The molecule has 0 bridgehead atoms. The number of nitrogens with one attached hydrogen (secondary N) is 4. The fourth-order valence-electron chi connectivity index (χ4n) is 4.98. The predicted molar refractivity (Wildman–Crippen MR) is 152 cm³/mol. The lowest BCUT2D eigenvalue weighted by atomic mass is 10.0. The van der Waals surface area contributed by atoms with Gasteiger partial charge in [0, 0.05) is 35.0 Å². The van der Waals surface area contributed by atoms with Crippen LogP contribution < -0.4 is 19.8 Å². The molecular formula is C31H36F3N4O4+. The van der Waals surface area contributed by atoms with Gasteiger partial charge in [-0.3, -0.25) is 9.59 Å². The van der Waals surface area contributed by atoms with Crippen LogP contribution in [0.5, 0.6) is 11.5 Å². The fourth-order valence-corrected chi connectivity index (χ4v) is 4.98. The summed E-state index contributed by atoms with van der Waals surface area (Å²) in [6, 6.07) is 10.9. The fraction of sp³-hybridized carbons (Fsp3) is 0.387. The maximum Gasteiger partial charge on any atom is 0.573 e. The lowest BCUT2D eigenvalue weighted by Crippen LogP contribution is -2.33. The number of aryl methyl sites for hydroxylation is 1. The number of benzene rings is 2. The third kappa shape index (κ3) is 8.14. The van der Waals surface area contributed by atoms with Crippen LogP contribution in [0.2, 0.25) is 0 Å². The highest BCUT2D eigenvalue weighted by Gasteiger charge is 2.31. The number of carbonyl (C=O) groups is 2. The number of methoxy groups -OCH3 is 1. The summed E-state index contributed by atoms with van der Waals surface area (Å²) in [5, 5.41) is 4.07. The number of unbranched alkanes of at least 4 members (excludes halogenated alkanes) is 2. The summed E-state index contributed by atoms with van der Waals surface area (Å²) in [5.74, 6) is 1.13. The smallest absolute Gasteiger partial charge is 0.497 e. The third-order valence-corrected chi connectivity index (χ3v) is 7.23.